The van der Waals surface area contributed by atoms with Crippen LogP contribution in [0.2, 0.25) is 5.02 Å². The predicted octanol–water partition coefficient (Wildman–Crippen LogP) is 6.18. The van der Waals surface area contributed by atoms with Crippen LogP contribution in [0.5, 0.6) is 5.75 Å². The van der Waals surface area contributed by atoms with Gasteiger partial charge in [-0.15, -0.1) is 0 Å². The number of hydrogen-bond acceptors (Lipinski definition) is 5. The Balaban J connectivity index is 1.38. The maximum absolute atomic E-state index is 6.23. The first-order valence-corrected chi connectivity index (χ1v) is 9.22. The third-order valence-electron chi connectivity index (χ3n) is 3.79. The molecular weight excluding hydrogens is 368 g/mol. The average Bonchev–Trinajstić information content (AvgIpc) is 3.11. The molecule has 0 saturated heterocycles. The Morgan fingerprint density at radius 3 is 2.58 bits per heavy atom. The van der Waals surface area contributed by atoms with Crippen molar-refractivity contribution in [2.24, 2.45) is 0 Å². The van der Waals surface area contributed by atoms with Crippen LogP contribution in [-0.4, -0.2) is 5.16 Å². The van der Waals surface area contributed by atoms with Crippen molar-refractivity contribution in [2.75, 3.05) is 4.72 Å². The molecule has 26 heavy (non-hydrogen) atoms. The molecule has 4 nitrogen and oxygen atoms in total. The van der Waals surface area contributed by atoms with Gasteiger partial charge in [0, 0.05) is 4.90 Å². The van der Waals surface area contributed by atoms with Gasteiger partial charge in [-0.1, -0.05) is 53.2 Å². The van der Waals surface area contributed by atoms with Gasteiger partial charge in [0.25, 0.3) is 0 Å². The van der Waals surface area contributed by atoms with Gasteiger partial charge in [0.1, 0.15) is 12.4 Å². The topological polar surface area (TPSA) is 47.3 Å². The Kier molecular flexibility index (Phi) is 5.00. The molecule has 0 amide bonds. The molecule has 0 atom stereocenters. The van der Waals surface area contributed by atoms with E-state index in [0.29, 0.717) is 23.0 Å². The van der Waals surface area contributed by atoms with Gasteiger partial charge in [-0.2, -0.15) is 0 Å². The van der Waals surface area contributed by atoms with Crippen molar-refractivity contribution in [2.45, 2.75) is 11.5 Å². The molecule has 1 heterocycles. The number of nitrogens with one attached hydrogen (secondary N) is 1. The van der Waals surface area contributed by atoms with Crippen LogP contribution < -0.4 is 9.46 Å². The Morgan fingerprint density at radius 2 is 1.77 bits per heavy atom. The van der Waals surface area contributed by atoms with Crippen LogP contribution in [-0.2, 0) is 6.61 Å². The molecule has 1 aromatic heterocycles. The number of hydrogen-bond donors (Lipinski definition) is 1. The van der Waals surface area contributed by atoms with Crippen LogP contribution in [0.25, 0.3) is 11.0 Å². The molecule has 4 aromatic rings. The van der Waals surface area contributed by atoms with E-state index in [4.69, 9.17) is 20.9 Å². The zero-order valence-electron chi connectivity index (χ0n) is 13.7. The molecular formula is C20H15ClN2O2S. The summed E-state index contributed by atoms with van der Waals surface area (Å²) in [5.74, 6) is 1.44. The molecule has 0 fully saturated rings. The van der Waals surface area contributed by atoms with E-state index in [-0.39, 0.29) is 0 Å². The molecule has 3 aromatic carbocycles. The minimum Gasteiger partial charge on any atom is -0.489 e. The molecule has 130 valence electrons. The van der Waals surface area contributed by atoms with Gasteiger partial charge < -0.3 is 14.0 Å². The van der Waals surface area contributed by atoms with Gasteiger partial charge in [0.05, 0.1) is 10.4 Å². The summed E-state index contributed by atoms with van der Waals surface area (Å²) >= 11 is 7.66. The van der Waals surface area contributed by atoms with E-state index in [1.54, 1.807) is 0 Å². The summed E-state index contributed by atoms with van der Waals surface area (Å²) in [6.07, 6.45) is 0. The quantitative estimate of drug-likeness (QED) is 0.403. The molecule has 1 N–H and O–H groups in total. The summed E-state index contributed by atoms with van der Waals surface area (Å²) in [5, 5.41) is 5.43. The lowest BCUT2D eigenvalue weighted by molar-refractivity contribution is 0.306. The van der Waals surface area contributed by atoms with Crippen molar-refractivity contribution in [3.8, 4) is 5.75 Å². The van der Waals surface area contributed by atoms with Crippen LogP contribution in [0.1, 0.15) is 5.56 Å². The molecule has 0 unspecified atom stereocenters. The van der Waals surface area contributed by atoms with Crippen LogP contribution in [0, 0.1) is 0 Å². The van der Waals surface area contributed by atoms with E-state index >= 15 is 0 Å². The van der Waals surface area contributed by atoms with Crippen molar-refractivity contribution >= 4 is 40.3 Å². The molecule has 0 aliphatic carbocycles. The SMILES string of the molecule is Clc1cccc2onc(NSc3ccc(OCc4ccccc4)cc3)c12. The maximum atomic E-state index is 6.23. The van der Waals surface area contributed by atoms with E-state index in [1.807, 2.05) is 72.8 Å². The summed E-state index contributed by atoms with van der Waals surface area (Å²) in [4.78, 5) is 1.03. The number of benzene rings is 3. The monoisotopic (exact) mass is 382 g/mol. The number of anilines is 1. The van der Waals surface area contributed by atoms with Crippen LogP contribution >= 0.6 is 23.5 Å². The highest BCUT2D eigenvalue weighted by Crippen LogP contribution is 2.32. The van der Waals surface area contributed by atoms with Crippen molar-refractivity contribution in [1.82, 2.24) is 5.16 Å². The second kappa shape index (κ2) is 7.72. The standard InChI is InChI=1S/C20H15ClN2O2S/c21-17-7-4-8-18-19(17)20(22-25-18)23-26-16-11-9-15(10-12-16)24-13-14-5-2-1-3-6-14/h1-12H,13H2,(H,22,23). The fraction of sp³-hybridized carbons (Fsp3) is 0.0500. The summed E-state index contributed by atoms with van der Waals surface area (Å²) in [6, 6.07) is 23.4. The van der Waals surface area contributed by atoms with Crippen molar-refractivity contribution < 1.29 is 9.26 Å². The van der Waals surface area contributed by atoms with Gasteiger partial charge >= 0.3 is 0 Å². The van der Waals surface area contributed by atoms with Crippen LogP contribution in [0.3, 0.4) is 0 Å². The van der Waals surface area contributed by atoms with E-state index in [9.17, 15) is 0 Å². The third-order valence-corrected chi connectivity index (χ3v) is 4.90. The molecule has 4 rings (SSSR count). The smallest absolute Gasteiger partial charge is 0.189 e. The summed E-state index contributed by atoms with van der Waals surface area (Å²) in [6.45, 7) is 0.551. The lowest BCUT2D eigenvalue weighted by atomic mass is 10.2. The molecule has 0 saturated carbocycles. The molecule has 0 radical (unpaired) electrons. The summed E-state index contributed by atoms with van der Waals surface area (Å²) in [7, 11) is 0. The van der Waals surface area contributed by atoms with Crippen molar-refractivity contribution in [3.63, 3.8) is 0 Å². The molecule has 0 aliphatic rings. The average molecular weight is 383 g/mol. The molecule has 6 heteroatoms. The van der Waals surface area contributed by atoms with Gasteiger partial charge in [-0.25, -0.2) is 0 Å². The highest BCUT2D eigenvalue weighted by molar-refractivity contribution is 8.00. The van der Waals surface area contributed by atoms with E-state index in [1.165, 1.54) is 11.9 Å². The zero-order valence-corrected chi connectivity index (χ0v) is 15.3. The second-order valence-electron chi connectivity index (χ2n) is 5.59. The first kappa shape index (κ1) is 16.8. The number of ether oxygens (including phenoxy) is 1. The van der Waals surface area contributed by atoms with Crippen molar-refractivity contribution in [1.29, 1.82) is 0 Å². The highest BCUT2D eigenvalue weighted by atomic mass is 35.5. The first-order valence-electron chi connectivity index (χ1n) is 8.03. The van der Waals surface area contributed by atoms with Crippen LogP contribution in [0.15, 0.2) is 82.2 Å². The molecule has 0 aliphatic heterocycles. The van der Waals surface area contributed by atoms with Gasteiger partial charge in [0.15, 0.2) is 11.4 Å². The number of rotatable bonds is 6. The first-order chi connectivity index (χ1) is 12.8. The van der Waals surface area contributed by atoms with E-state index < -0.39 is 0 Å². The maximum Gasteiger partial charge on any atom is 0.189 e. The number of fused-ring (bicyclic) bond motifs is 1. The number of nitrogens with zero attached hydrogens (tertiary/aromatic N) is 1. The fourth-order valence-electron chi connectivity index (χ4n) is 2.47. The number of halogens is 1. The lowest BCUT2D eigenvalue weighted by Crippen LogP contribution is -1.94. The Hall–Kier alpha value is -2.63. The lowest BCUT2D eigenvalue weighted by Gasteiger charge is -2.07. The largest absolute Gasteiger partial charge is 0.489 e. The normalized spacial score (nSPS) is 10.8. The minimum atomic E-state index is 0.551. The Labute approximate surface area is 160 Å². The van der Waals surface area contributed by atoms with Gasteiger partial charge in [-0.3, -0.25) is 0 Å². The minimum absolute atomic E-state index is 0.551. The van der Waals surface area contributed by atoms with Crippen LogP contribution in [0.4, 0.5) is 5.82 Å². The summed E-state index contributed by atoms with van der Waals surface area (Å²) < 4.78 is 14.3. The molecule has 0 bridgehead atoms. The number of aromatic nitrogens is 1. The van der Waals surface area contributed by atoms with Crippen molar-refractivity contribution in [3.05, 3.63) is 83.4 Å². The fourth-order valence-corrected chi connectivity index (χ4v) is 3.35. The van der Waals surface area contributed by atoms with E-state index in [0.717, 1.165) is 21.6 Å². The third kappa shape index (κ3) is 3.79. The van der Waals surface area contributed by atoms with Gasteiger partial charge in [-0.05, 0) is 53.9 Å². The second-order valence-corrected chi connectivity index (χ2v) is 6.88. The molecule has 0 spiro atoms. The van der Waals surface area contributed by atoms with E-state index in [2.05, 4.69) is 9.88 Å². The Morgan fingerprint density at radius 1 is 0.962 bits per heavy atom. The van der Waals surface area contributed by atoms with Gasteiger partial charge in [0.2, 0.25) is 0 Å². The predicted molar refractivity (Wildman–Crippen MR) is 106 cm³/mol. The Bertz CT molecular complexity index is 1000. The zero-order chi connectivity index (χ0) is 17.8. The highest BCUT2D eigenvalue weighted by Gasteiger charge is 2.11. The summed E-state index contributed by atoms with van der Waals surface area (Å²) in [5.41, 5.74) is 1.80.